The van der Waals surface area contributed by atoms with E-state index < -0.39 is 15.8 Å². The van der Waals surface area contributed by atoms with Crippen molar-refractivity contribution in [3.63, 3.8) is 0 Å². The molecule has 0 bridgehead atoms. The van der Waals surface area contributed by atoms with Crippen molar-refractivity contribution >= 4 is 15.7 Å². The summed E-state index contributed by atoms with van der Waals surface area (Å²) >= 11 is 0. The Kier molecular flexibility index (Phi) is 5.10. The van der Waals surface area contributed by atoms with Crippen molar-refractivity contribution in [1.29, 1.82) is 0 Å². The topological polar surface area (TPSA) is 58.2 Å². The van der Waals surface area contributed by atoms with Crippen LogP contribution in [0.5, 0.6) is 0 Å². The maximum atomic E-state index is 13.4. The molecule has 0 fully saturated rings. The Morgan fingerprint density at radius 1 is 1.33 bits per heavy atom. The molecule has 0 saturated heterocycles. The van der Waals surface area contributed by atoms with Crippen LogP contribution in [0.15, 0.2) is 18.2 Å². The smallest absolute Gasteiger partial charge is 0.234 e. The predicted molar refractivity (Wildman–Crippen MR) is 71.7 cm³/mol. The minimum atomic E-state index is -3.52. The third-order valence-electron chi connectivity index (χ3n) is 2.31. The van der Waals surface area contributed by atoms with Crippen LogP contribution in [0.4, 0.5) is 10.1 Å². The van der Waals surface area contributed by atoms with Crippen LogP contribution in [-0.2, 0) is 10.0 Å². The van der Waals surface area contributed by atoms with Gasteiger partial charge in [0, 0.05) is 12.6 Å². The van der Waals surface area contributed by atoms with E-state index in [0.717, 1.165) is 5.56 Å². The van der Waals surface area contributed by atoms with Gasteiger partial charge < -0.3 is 5.32 Å². The van der Waals surface area contributed by atoms with E-state index in [1.807, 2.05) is 13.8 Å². The van der Waals surface area contributed by atoms with Gasteiger partial charge in [-0.15, -0.1) is 0 Å². The maximum Gasteiger partial charge on any atom is 0.234 e. The molecule has 0 aromatic heterocycles. The highest BCUT2D eigenvalue weighted by Gasteiger charge is 2.13. The van der Waals surface area contributed by atoms with Gasteiger partial charge >= 0.3 is 0 Å². The summed E-state index contributed by atoms with van der Waals surface area (Å²) in [5, 5.41) is 3.00. The lowest BCUT2D eigenvalue weighted by atomic mass is 10.2. The normalized spacial score (nSPS) is 11.8. The van der Waals surface area contributed by atoms with E-state index in [9.17, 15) is 12.8 Å². The first-order valence-corrected chi connectivity index (χ1v) is 7.45. The zero-order valence-electron chi connectivity index (χ0n) is 10.8. The van der Waals surface area contributed by atoms with Gasteiger partial charge in [-0.2, -0.15) is 0 Å². The molecule has 1 aromatic carbocycles. The molecule has 0 heterocycles. The molecular formula is C12H19FN2O2S. The average Bonchev–Trinajstić information content (AvgIpc) is 2.22. The van der Waals surface area contributed by atoms with Crippen molar-refractivity contribution < 1.29 is 12.8 Å². The molecule has 2 N–H and O–H groups in total. The van der Waals surface area contributed by atoms with Gasteiger partial charge in [-0.05, 0) is 24.6 Å². The number of hydrogen-bond acceptors (Lipinski definition) is 3. The summed E-state index contributed by atoms with van der Waals surface area (Å²) in [5.41, 5.74) is 0.800. The lowest BCUT2D eigenvalue weighted by Gasteiger charge is -2.11. The summed E-state index contributed by atoms with van der Waals surface area (Å²) in [5.74, 6) is -0.653. The number of rotatable bonds is 6. The van der Waals surface area contributed by atoms with Gasteiger partial charge in [-0.25, -0.2) is 12.8 Å². The second kappa shape index (κ2) is 6.15. The lowest BCUT2D eigenvalue weighted by Crippen LogP contribution is -2.31. The van der Waals surface area contributed by atoms with Gasteiger partial charge in [-0.1, -0.05) is 19.9 Å². The van der Waals surface area contributed by atoms with E-state index in [-0.39, 0.29) is 17.5 Å². The highest BCUT2D eigenvalue weighted by Crippen LogP contribution is 2.16. The quantitative estimate of drug-likeness (QED) is 0.832. The maximum absolute atomic E-state index is 13.4. The van der Waals surface area contributed by atoms with E-state index in [1.165, 1.54) is 12.1 Å². The largest absolute Gasteiger partial charge is 0.313 e. The van der Waals surface area contributed by atoms with E-state index in [4.69, 9.17) is 0 Å². The first-order valence-electron chi connectivity index (χ1n) is 5.80. The van der Waals surface area contributed by atoms with Crippen molar-refractivity contribution in [2.24, 2.45) is 0 Å². The van der Waals surface area contributed by atoms with Crippen LogP contribution in [0, 0.1) is 12.7 Å². The van der Waals surface area contributed by atoms with Gasteiger partial charge in [0.1, 0.15) is 5.82 Å². The molecule has 18 heavy (non-hydrogen) atoms. The average molecular weight is 274 g/mol. The Morgan fingerprint density at radius 3 is 2.61 bits per heavy atom. The number of benzene rings is 1. The summed E-state index contributed by atoms with van der Waals surface area (Å²) in [7, 11) is -3.52. The molecule has 102 valence electrons. The monoisotopic (exact) mass is 274 g/mol. The van der Waals surface area contributed by atoms with Gasteiger partial charge in [0.05, 0.1) is 11.4 Å². The summed E-state index contributed by atoms with van der Waals surface area (Å²) in [6.07, 6.45) is 0. The minimum Gasteiger partial charge on any atom is -0.313 e. The Bertz CT molecular complexity index is 501. The van der Waals surface area contributed by atoms with Crippen molar-refractivity contribution in [3.8, 4) is 0 Å². The van der Waals surface area contributed by atoms with Crippen LogP contribution < -0.4 is 10.0 Å². The van der Waals surface area contributed by atoms with Crippen LogP contribution in [0.25, 0.3) is 0 Å². The molecular weight excluding hydrogens is 255 g/mol. The third kappa shape index (κ3) is 5.01. The van der Waals surface area contributed by atoms with Crippen LogP contribution in [0.2, 0.25) is 0 Å². The van der Waals surface area contributed by atoms with Gasteiger partial charge in [0.15, 0.2) is 0 Å². The van der Waals surface area contributed by atoms with Gasteiger partial charge in [0.25, 0.3) is 0 Å². The molecule has 1 aromatic rings. The van der Waals surface area contributed by atoms with E-state index >= 15 is 0 Å². The Morgan fingerprint density at radius 2 is 2.00 bits per heavy atom. The zero-order valence-corrected chi connectivity index (χ0v) is 11.6. The second-order valence-corrected chi connectivity index (χ2v) is 6.35. The first kappa shape index (κ1) is 14.9. The SMILES string of the molecule is Cc1ccc(F)c(NS(=O)(=O)CCNC(C)C)c1. The molecule has 0 radical (unpaired) electrons. The van der Waals surface area contributed by atoms with E-state index in [1.54, 1.807) is 13.0 Å². The zero-order chi connectivity index (χ0) is 13.8. The van der Waals surface area contributed by atoms with Crippen LogP contribution in [0.3, 0.4) is 0 Å². The fourth-order valence-electron chi connectivity index (χ4n) is 1.42. The van der Waals surface area contributed by atoms with Gasteiger partial charge in [-0.3, -0.25) is 4.72 Å². The van der Waals surface area contributed by atoms with Crippen LogP contribution >= 0.6 is 0 Å². The molecule has 4 nitrogen and oxygen atoms in total. The molecule has 0 aliphatic rings. The fraction of sp³-hybridized carbons (Fsp3) is 0.500. The van der Waals surface area contributed by atoms with Crippen LogP contribution in [-0.4, -0.2) is 26.8 Å². The molecule has 0 aliphatic carbocycles. The first-order chi connectivity index (χ1) is 8.30. The number of anilines is 1. The summed E-state index contributed by atoms with van der Waals surface area (Å²) in [4.78, 5) is 0. The third-order valence-corrected chi connectivity index (χ3v) is 3.58. The number of halogens is 1. The summed E-state index contributed by atoms with van der Waals surface area (Å²) < 4.78 is 39.1. The predicted octanol–water partition coefficient (Wildman–Crippen LogP) is 1.87. The molecule has 0 amide bonds. The Hall–Kier alpha value is -1.14. The Balaban J connectivity index is 2.67. The van der Waals surface area contributed by atoms with Crippen molar-refractivity contribution in [3.05, 3.63) is 29.6 Å². The highest BCUT2D eigenvalue weighted by molar-refractivity contribution is 7.92. The lowest BCUT2D eigenvalue weighted by molar-refractivity contribution is 0.580. The number of nitrogens with one attached hydrogen (secondary N) is 2. The summed E-state index contributed by atoms with van der Waals surface area (Å²) in [6.45, 7) is 5.97. The van der Waals surface area contributed by atoms with Crippen molar-refractivity contribution in [1.82, 2.24) is 5.32 Å². The molecule has 6 heteroatoms. The Labute approximate surface area is 108 Å². The number of hydrogen-bond donors (Lipinski definition) is 2. The molecule has 1 rings (SSSR count). The van der Waals surface area contributed by atoms with E-state index in [0.29, 0.717) is 6.54 Å². The summed E-state index contributed by atoms with van der Waals surface area (Å²) in [6, 6.07) is 4.53. The second-order valence-electron chi connectivity index (χ2n) is 4.51. The van der Waals surface area contributed by atoms with Crippen molar-refractivity contribution in [2.75, 3.05) is 17.0 Å². The molecule has 0 spiro atoms. The highest BCUT2D eigenvalue weighted by atomic mass is 32.2. The van der Waals surface area contributed by atoms with Crippen LogP contribution in [0.1, 0.15) is 19.4 Å². The minimum absolute atomic E-state index is 0.000420. The fourth-order valence-corrected chi connectivity index (χ4v) is 2.40. The number of sulfonamides is 1. The molecule has 0 aliphatic heterocycles. The molecule has 0 atom stereocenters. The van der Waals surface area contributed by atoms with Gasteiger partial charge in [0.2, 0.25) is 10.0 Å². The van der Waals surface area contributed by atoms with E-state index in [2.05, 4.69) is 10.0 Å². The molecule has 0 saturated carbocycles. The van der Waals surface area contributed by atoms with Crippen molar-refractivity contribution in [2.45, 2.75) is 26.8 Å². The molecule has 0 unspecified atom stereocenters. The standard InChI is InChI=1S/C12H19FN2O2S/c1-9(2)14-6-7-18(16,17)15-12-8-10(3)4-5-11(12)13/h4-5,8-9,14-15H,6-7H2,1-3H3. The number of aryl methyl sites for hydroxylation is 1.